The Balaban J connectivity index is 2.95. The van der Waals surface area contributed by atoms with Crippen molar-refractivity contribution in [3.05, 3.63) is 17.0 Å². The van der Waals surface area contributed by atoms with Crippen LogP contribution in [0.2, 0.25) is 0 Å². The summed E-state index contributed by atoms with van der Waals surface area (Å²) in [4.78, 5) is 10.8. The van der Waals surface area contributed by atoms with E-state index < -0.39 is 16.0 Å². The van der Waals surface area contributed by atoms with Crippen LogP contribution in [0.4, 0.5) is 0 Å². The third-order valence-electron chi connectivity index (χ3n) is 1.41. The first-order valence-corrected chi connectivity index (χ1v) is 5.97. The number of nitriles is 1. The van der Waals surface area contributed by atoms with E-state index in [2.05, 4.69) is 0 Å². The summed E-state index contributed by atoms with van der Waals surface area (Å²) in [6, 6.07) is 2.67. The van der Waals surface area contributed by atoms with E-state index in [-0.39, 0.29) is 10.6 Å². The van der Waals surface area contributed by atoms with Crippen molar-refractivity contribution < 1.29 is 18.3 Å². The Morgan fingerprint density at radius 1 is 1.60 bits per heavy atom. The normalized spacial score (nSPS) is 10.6. The molecule has 1 aromatic rings. The fourth-order valence-electron chi connectivity index (χ4n) is 0.857. The Kier molecular flexibility index (Phi) is 3.28. The lowest BCUT2D eigenvalue weighted by Crippen LogP contribution is -2.16. The molecule has 0 aliphatic heterocycles. The van der Waals surface area contributed by atoms with Gasteiger partial charge in [-0.25, -0.2) is 4.72 Å². The summed E-state index contributed by atoms with van der Waals surface area (Å²) < 4.78 is 24.1. The minimum Gasteiger partial charge on any atom is -0.481 e. The molecule has 0 aliphatic rings. The maximum Gasteiger partial charge on any atom is 0.308 e. The molecule has 0 atom stereocenters. The molecular formula is C7H6N2O4S2. The minimum absolute atomic E-state index is 0.0692. The topological polar surface area (TPSA) is 107 Å². The molecule has 6 nitrogen and oxygen atoms in total. The van der Waals surface area contributed by atoms with Crippen molar-refractivity contribution in [3.8, 4) is 6.19 Å². The Labute approximate surface area is 89.8 Å². The lowest BCUT2D eigenvalue weighted by atomic mass is 10.3. The second-order valence-corrected chi connectivity index (χ2v) is 5.59. The van der Waals surface area contributed by atoms with Crippen molar-refractivity contribution in [2.24, 2.45) is 0 Å². The smallest absolute Gasteiger partial charge is 0.308 e. The van der Waals surface area contributed by atoms with E-state index in [1.54, 1.807) is 4.72 Å². The molecule has 0 saturated heterocycles. The quantitative estimate of drug-likeness (QED) is 0.580. The molecular weight excluding hydrogens is 240 g/mol. The largest absolute Gasteiger partial charge is 0.481 e. The first-order valence-electron chi connectivity index (χ1n) is 3.67. The van der Waals surface area contributed by atoms with Crippen molar-refractivity contribution >= 4 is 27.3 Å². The van der Waals surface area contributed by atoms with Crippen LogP contribution in [0.5, 0.6) is 0 Å². The molecule has 0 aromatic carbocycles. The highest BCUT2D eigenvalue weighted by atomic mass is 32.2. The molecule has 1 aromatic heterocycles. The molecule has 80 valence electrons. The monoisotopic (exact) mass is 246 g/mol. The van der Waals surface area contributed by atoms with Gasteiger partial charge >= 0.3 is 5.97 Å². The number of nitrogens with zero attached hydrogens (tertiary/aromatic N) is 1. The zero-order valence-electron chi connectivity index (χ0n) is 7.30. The Morgan fingerprint density at radius 3 is 2.80 bits per heavy atom. The van der Waals surface area contributed by atoms with Gasteiger partial charge in [-0.05, 0) is 12.1 Å². The number of hydrogen-bond acceptors (Lipinski definition) is 5. The van der Waals surface area contributed by atoms with Gasteiger partial charge < -0.3 is 5.11 Å². The number of carboxylic acids is 1. The van der Waals surface area contributed by atoms with E-state index in [0.717, 1.165) is 11.3 Å². The molecule has 0 fully saturated rings. The van der Waals surface area contributed by atoms with E-state index in [0.29, 0.717) is 4.88 Å². The van der Waals surface area contributed by atoms with Crippen LogP contribution in [0.3, 0.4) is 0 Å². The van der Waals surface area contributed by atoms with Gasteiger partial charge in [-0.15, -0.1) is 11.3 Å². The van der Waals surface area contributed by atoms with E-state index in [4.69, 9.17) is 10.4 Å². The van der Waals surface area contributed by atoms with Gasteiger partial charge in [0.25, 0.3) is 10.0 Å². The highest BCUT2D eigenvalue weighted by Crippen LogP contribution is 2.21. The maximum atomic E-state index is 11.3. The number of carboxylic acid groups (broad SMARTS) is 1. The van der Waals surface area contributed by atoms with Crippen LogP contribution in [-0.2, 0) is 21.2 Å². The molecule has 0 radical (unpaired) electrons. The van der Waals surface area contributed by atoms with E-state index in [1.807, 2.05) is 0 Å². The van der Waals surface area contributed by atoms with Gasteiger partial charge in [0, 0.05) is 4.88 Å². The van der Waals surface area contributed by atoms with Gasteiger partial charge in [-0.3, -0.25) is 4.79 Å². The standard InChI is InChI=1S/C7H6N2O4S2/c8-4-9-15(12,13)7-2-1-5(14-7)3-6(10)11/h1-2,9H,3H2,(H,10,11). The Hall–Kier alpha value is -1.59. The number of aliphatic carboxylic acids is 1. The van der Waals surface area contributed by atoms with Crippen LogP contribution >= 0.6 is 11.3 Å². The lowest BCUT2D eigenvalue weighted by Gasteiger charge is -1.94. The summed E-state index contributed by atoms with van der Waals surface area (Å²) in [7, 11) is -3.81. The molecule has 1 rings (SSSR count). The number of nitrogens with one attached hydrogen (secondary N) is 1. The van der Waals surface area contributed by atoms with Gasteiger partial charge in [0.1, 0.15) is 4.21 Å². The number of carbonyl (C=O) groups is 1. The molecule has 0 bridgehead atoms. The van der Waals surface area contributed by atoms with Gasteiger partial charge in [0.15, 0.2) is 6.19 Å². The molecule has 15 heavy (non-hydrogen) atoms. The average Bonchev–Trinajstić information content (AvgIpc) is 2.51. The van der Waals surface area contributed by atoms with E-state index in [9.17, 15) is 13.2 Å². The van der Waals surface area contributed by atoms with Gasteiger partial charge in [0.05, 0.1) is 6.42 Å². The molecule has 0 saturated carbocycles. The summed E-state index contributed by atoms with van der Waals surface area (Å²) >= 11 is 0.826. The molecule has 0 unspecified atom stereocenters. The summed E-state index contributed by atoms with van der Waals surface area (Å²) in [5.41, 5.74) is 0. The Bertz CT molecular complexity index is 511. The number of hydrogen-bond donors (Lipinski definition) is 2. The SMILES string of the molecule is N#CNS(=O)(=O)c1ccc(CC(=O)O)s1. The van der Waals surface area contributed by atoms with Gasteiger partial charge in [-0.1, -0.05) is 0 Å². The van der Waals surface area contributed by atoms with Crippen molar-refractivity contribution in [3.63, 3.8) is 0 Å². The zero-order chi connectivity index (χ0) is 11.5. The van der Waals surface area contributed by atoms with Crippen LogP contribution in [0, 0.1) is 11.5 Å². The van der Waals surface area contributed by atoms with Gasteiger partial charge in [0.2, 0.25) is 0 Å². The third kappa shape index (κ3) is 2.93. The zero-order valence-corrected chi connectivity index (χ0v) is 8.93. The molecule has 0 aliphatic carbocycles. The molecule has 0 amide bonds. The van der Waals surface area contributed by atoms with Crippen LogP contribution < -0.4 is 4.72 Å². The highest BCUT2D eigenvalue weighted by molar-refractivity contribution is 7.91. The van der Waals surface area contributed by atoms with Crippen LogP contribution in [0.15, 0.2) is 16.3 Å². The molecule has 8 heteroatoms. The van der Waals surface area contributed by atoms with Crippen molar-refractivity contribution in [1.29, 1.82) is 5.26 Å². The second kappa shape index (κ2) is 4.29. The van der Waals surface area contributed by atoms with E-state index in [1.165, 1.54) is 18.3 Å². The van der Waals surface area contributed by atoms with Crippen LogP contribution in [0.1, 0.15) is 4.88 Å². The molecule has 1 heterocycles. The molecule has 2 N–H and O–H groups in total. The summed E-state index contributed by atoms with van der Waals surface area (Å²) in [6.45, 7) is 0. The average molecular weight is 246 g/mol. The highest BCUT2D eigenvalue weighted by Gasteiger charge is 2.16. The fourth-order valence-corrected chi connectivity index (χ4v) is 2.94. The predicted octanol–water partition coefficient (Wildman–Crippen LogP) is 0.135. The maximum absolute atomic E-state index is 11.3. The lowest BCUT2D eigenvalue weighted by molar-refractivity contribution is -0.136. The summed E-state index contributed by atoms with van der Waals surface area (Å²) in [5, 5.41) is 16.7. The number of rotatable bonds is 4. The summed E-state index contributed by atoms with van der Waals surface area (Å²) in [6.07, 6.45) is 1.08. The fraction of sp³-hybridized carbons (Fsp3) is 0.143. The van der Waals surface area contributed by atoms with Crippen molar-refractivity contribution in [1.82, 2.24) is 4.72 Å². The Morgan fingerprint density at radius 2 is 2.27 bits per heavy atom. The number of sulfonamides is 1. The first-order chi connectivity index (χ1) is 6.95. The minimum atomic E-state index is -3.81. The summed E-state index contributed by atoms with van der Waals surface area (Å²) in [5.74, 6) is -1.03. The van der Waals surface area contributed by atoms with Crippen molar-refractivity contribution in [2.45, 2.75) is 10.6 Å². The van der Waals surface area contributed by atoms with Gasteiger partial charge in [-0.2, -0.15) is 13.7 Å². The third-order valence-corrected chi connectivity index (χ3v) is 4.22. The first kappa shape index (κ1) is 11.5. The van der Waals surface area contributed by atoms with Crippen LogP contribution in [-0.4, -0.2) is 19.5 Å². The molecule has 0 spiro atoms. The van der Waals surface area contributed by atoms with Crippen molar-refractivity contribution in [2.75, 3.05) is 0 Å². The van der Waals surface area contributed by atoms with Crippen LogP contribution in [0.25, 0.3) is 0 Å². The number of thiophene rings is 1. The van der Waals surface area contributed by atoms with E-state index >= 15 is 0 Å². The predicted molar refractivity (Wildman–Crippen MR) is 51.6 cm³/mol. The second-order valence-electron chi connectivity index (χ2n) is 2.51.